The first-order valence-electron chi connectivity index (χ1n) is 14.9. The predicted octanol–water partition coefficient (Wildman–Crippen LogP) is 6.35. The van der Waals surface area contributed by atoms with Crippen LogP contribution in [0.1, 0.15) is 0 Å². The topological polar surface area (TPSA) is 0 Å². The number of benzene rings is 6. The zero-order chi connectivity index (χ0) is 29.8. The quantitative estimate of drug-likeness (QED) is 0.134. The van der Waals surface area contributed by atoms with Gasteiger partial charge in [0.25, 0.3) is 0 Å². The van der Waals surface area contributed by atoms with Gasteiger partial charge in [0, 0.05) is 10.9 Å². The van der Waals surface area contributed by atoms with Crippen molar-refractivity contribution in [3.8, 4) is 0 Å². The fourth-order valence-electron chi connectivity index (χ4n) is 7.15. The van der Waals surface area contributed by atoms with Crippen molar-refractivity contribution in [3.05, 3.63) is 182 Å². The minimum Gasteiger partial charge on any atom is -0.0879 e. The molecule has 0 aliphatic heterocycles. The Labute approximate surface area is 264 Å². The number of rotatable bonds is 9. The summed E-state index contributed by atoms with van der Waals surface area (Å²) >= 11 is 7.43. The van der Waals surface area contributed by atoms with Gasteiger partial charge in [0.05, 0.1) is 0 Å². The Hall–Kier alpha value is -3.60. The fourth-order valence-corrected chi connectivity index (χ4v) is 35.3. The molecule has 0 saturated carbocycles. The smallest absolute Gasteiger partial charge is 0.0879 e. The fraction of sp³-hybridized carbons (Fsp3) is 0.0769. The minimum absolute atomic E-state index is 0.224. The van der Waals surface area contributed by atoms with Crippen LogP contribution in [0.15, 0.2) is 182 Å². The first kappa shape index (κ1) is 29.5. The van der Waals surface area contributed by atoms with Crippen LogP contribution in [0.4, 0.5) is 0 Å². The first-order chi connectivity index (χ1) is 21.0. The summed E-state index contributed by atoms with van der Waals surface area (Å²) in [7, 11) is -5.25. The summed E-state index contributed by atoms with van der Waals surface area (Å²) in [5, 5.41) is 8.38. The molecule has 6 aromatic carbocycles. The first-order valence-corrected chi connectivity index (χ1v) is 23.0. The van der Waals surface area contributed by atoms with Gasteiger partial charge in [-0.2, -0.15) is 0 Å². The summed E-state index contributed by atoms with van der Waals surface area (Å²) in [5.41, 5.74) is 0. The van der Waals surface area contributed by atoms with Gasteiger partial charge in [0.15, 0.2) is 0 Å². The average molecular weight is 625 g/mol. The lowest BCUT2D eigenvalue weighted by Crippen LogP contribution is -2.79. The van der Waals surface area contributed by atoms with Gasteiger partial charge in [0.2, 0.25) is 0 Å². The second-order valence-corrected chi connectivity index (χ2v) is 26.0. The van der Waals surface area contributed by atoms with Crippen LogP contribution in [0.5, 0.6) is 0 Å². The van der Waals surface area contributed by atoms with Crippen molar-refractivity contribution < 1.29 is 0 Å². The molecule has 0 aliphatic rings. The highest BCUT2D eigenvalue weighted by Gasteiger charge is 2.58. The molecule has 0 fully saturated rings. The monoisotopic (exact) mass is 624 g/mol. The maximum atomic E-state index is 7.43. The van der Waals surface area contributed by atoms with E-state index < -0.39 is 22.2 Å². The van der Waals surface area contributed by atoms with Crippen molar-refractivity contribution in [2.45, 2.75) is 18.0 Å². The molecule has 6 aromatic rings. The molecule has 0 aliphatic carbocycles. The van der Waals surface area contributed by atoms with Crippen LogP contribution in [0.25, 0.3) is 0 Å². The molecule has 6 rings (SSSR count). The van der Waals surface area contributed by atoms with Gasteiger partial charge < -0.3 is 0 Å². The highest BCUT2D eigenvalue weighted by molar-refractivity contribution is 8.24. The van der Waals surface area contributed by atoms with E-state index in [9.17, 15) is 0 Å². The predicted molar refractivity (Wildman–Crippen MR) is 198 cm³/mol. The summed E-state index contributed by atoms with van der Waals surface area (Å²) in [6.45, 7) is 5.23. The Morgan fingerprint density at radius 2 is 0.581 bits per heavy atom. The van der Waals surface area contributed by atoms with Crippen LogP contribution < -0.4 is 31.4 Å². The molecule has 0 saturated heterocycles. The highest BCUT2D eigenvalue weighted by atomic mass is 32.4. The van der Waals surface area contributed by atoms with E-state index in [1.807, 2.05) is 0 Å². The van der Waals surface area contributed by atoms with E-state index in [2.05, 4.69) is 195 Å². The Morgan fingerprint density at radius 3 is 0.814 bits per heavy atom. The zero-order valence-electron chi connectivity index (χ0n) is 24.8. The van der Waals surface area contributed by atoms with E-state index in [0.29, 0.717) is 0 Å². The molecule has 43 heavy (non-hydrogen) atoms. The van der Waals surface area contributed by atoms with Crippen molar-refractivity contribution in [1.29, 1.82) is 0 Å². The van der Waals surface area contributed by atoms with Gasteiger partial charge >= 0.3 is 0 Å². The Kier molecular flexibility index (Phi) is 8.61. The molecule has 0 radical (unpaired) electrons. The van der Waals surface area contributed by atoms with E-state index in [1.165, 1.54) is 31.4 Å². The minimum atomic E-state index is -2.63. The molecule has 0 amide bonds. The van der Waals surface area contributed by atoms with Crippen molar-refractivity contribution >= 4 is 65.3 Å². The van der Waals surface area contributed by atoms with Gasteiger partial charge in [-0.3, -0.25) is 0 Å². The highest BCUT2D eigenvalue weighted by Crippen LogP contribution is 2.55. The van der Waals surface area contributed by atoms with Gasteiger partial charge in [-0.15, -0.1) is 0 Å². The normalized spacial score (nSPS) is 12.3. The van der Waals surface area contributed by atoms with E-state index >= 15 is 0 Å². The lowest BCUT2D eigenvalue weighted by atomic mass is 10.4. The second-order valence-electron chi connectivity index (χ2n) is 11.6. The molecule has 0 nitrogen and oxygen atoms in total. The van der Waals surface area contributed by atoms with Crippen LogP contribution >= 0.6 is 6.04 Å². The summed E-state index contributed by atoms with van der Waals surface area (Å²) in [6, 6.07) is 65.2. The van der Waals surface area contributed by atoms with E-state index in [4.69, 9.17) is 11.8 Å². The third kappa shape index (κ3) is 5.26. The average Bonchev–Trinajstić information content (AvgIpc) is 3.10. The summed E-state index contributed by atoms with van der Waals surface area (Å²) in [5.74, 6) is 0. The lowest BCUT2D eigenvalue weighted by Gasteiger charge is -2.52. The summed E-state index contributed by atoms with van der Waals surface area (Å²) in [6.07, 6.45) is 0. The molecular formula is C39H37PSSi2. The molecule has 0 aromatic heterocycles. The Balaban J connectivity index is 1.84. The zero-order valence-corrected chi connectivity index (χ0v) is 28.5. The van der Waals surface area contributed by atoms with Crippen LogP contribution in [0.3, 0.4) is 0 Å². The maximum Gasteiger partial charge on any atom is 0.121 e. The van der Waals surface area contributed by atoms with Gasteiger partial charge in [-0.1, -0.05) is 228 Å². The molecular weight excluding hydrogens is 588 g/mol. The summed E-state index contributed by atoms with van der Waals surface area (Å²) in [4.78, 5) is 0.224. The standard InChI is InChI=1S/C39H37PSSi2/c1-42(35-25-13-5-14-26-35,36-27-15-6-16-28-36)39(40(41,33-21-9-3-10-22-33)34-23-11-4-12-24-34)43(2,37-29-17-7-18-30-37)38-31-19-8-20-32-38/h3-32,39H,1-2H3. The van der Waals surface area contributed by atoms with Gasteiger partial charge in [-0.05, 0) is 10.6 Å². The van der Waals surface area contributed by atoms with Gasteiger partial charge in [0.1, 0.15) is 16.1 Å². The molecule has 0 unspecified atom stereocenters. The van der Waals surface area contributed by atoms with Gasteiger partial charge in [-0.25, -0.2) is 0 Å². The van der Waals surface area contributed by atoms with Crippen molar-refractivity contribution in [2.75, 3.05) is 0 Å². The largest absolute Gasteiger partial charge is 0.121 e. The molecule has 0 atom stereocenters. The lowest BCUT2D eigenvalue weighted by molar-refractivity contribution is 1.51. The van der Waals surface area contributed by atoms with E-state index in [0.717, 1.165) is 0 Å². The number of hydrogen-bond acceptors (Lipinski definition) is 1. The van der Waals surface area contributed by atoms with Crippen molar-refractivity contribution in [3.63, 3.8) is 0 Å². The molecule has 0 spiro atoms. The molecule has 212 valence electrons. The number of hydrogen-bond donors (Lipinski definition) is 0. The third-order valence-corrected chi connectivity index (χ3v) is 32.3. The van der Waals surface area contributed by atoms with E-state index in [1.54, 1.807) is 0 Å². The molecule has 0 heterocycles. The Bertz CT molecular complexity index is 1590. The maximum absolute atomic E-state index is 7.43. The van der Waals surface area contributed by atoms with Crippen LogP contribution in [0.2, 0.25) is 13.1 Å². The van der Waals surface area contributed by atoms with Crippen molar-refractivity contribution in [2.24, 2.45) is 0 Å². The second kappa shape index (κ2) is 12.6. The van der Waals surface area contributed by atoms with Crippen molar-refractivity contribution in [1.82, 2.24) is 0 Å². The molecule has 0 bridgehead atoms. The SMILES string of the molecule is C[Si](c1ccccc1)(c1ccccc1)C([Si](C)(c1ccccc1)c1ccccc1)P(=S)(c1ccccc1)c1ccccc1. The molecule has 4 heteroatoms. The van der Waals surface area contributed by atoms with Crippen LogP contribution in [-0.4, -0.2) is 21.1 Å². The van der Waals surface area contributed by atoms with Crippen LogP contribution in [-0.2, 0) is 11.8 Å². The van der Waals surface area contributed by atoms with E-state index in [-0.39, 0.29) is 4.91 Å². The van der Waals surface area contributed by atoms with Crippen LogP contribution in [0, 0.1) is 0 Å². The third-order valence-electron chi connectivity index (χ3n) is 9.23. The Morgan fingerprint density at radius 1 is 0.372 bits per heavy atom. The summed E-state index contributed by atoms with van der Waals surface area (Å²) < 4.78 is 0. The molecule has 0 N–H and O–H groups in total.